The van der Waals surface area contributed by atoms with Gasteiger partial charge in [0.2, 0.25) is 5.91 Å². The highest BCUT2D eigenvalue weighted by Gasteiger charge is 2.10. The Morgan fingerprint density at radius 2 is 1.88 bits per heavy atom. The number of carbonyl (C=O) groups is 2. The molecule has 26 heavy (non-hydrogen) atoms. The number of ether oxygens (including phenoxy) is 2. The number of rotatable bonds is 7. The first kappa shape index (κ1) is 19.5. The molecule has 1 amide bonds. The third kappa shape index (κ3) is 5.10. The molecular weight excluding hydrogens is 354 g/mol. The lowest BCUT2D eigenvalue weighted by Gasteiger charge is -2.11. The van der Waals surface area contributed by atoms with Crippen molar-refractivity contribution in [3.63, 3.8) is 0 Å². The number of ketones is 1. The van der Waals surface area contributed by atoms with E-state index in [-0.39, 0.29) is 11.7 Å². The highest BCUT2D eigenvalue weighted by atomic mass is 35.5. The Hall–Kier alpha value is -2.79. The van der Waals surface area contributed by atoms with E-state index in [1.54, 1.807) is 42.5 Å². The van der Waals surface area contributed by atoms with Crippen LogP contribution in [-0.4, -0.2) is 25.4 Å². The molecule has 6 heteroatoms. The molecule has 0 aromatic heterocycles. The number of halogens is 1. The van der Waals surface area contributed by atoms with Crippen molar-refractivity contribution in [3.05, 3.63) is 58.6 Å². The Kier molecular flexibility index (Phi) is 6.81. The van der Waals surface area contributed by atoms with E-state index in [0.29, 0.717) is 39.9 Å². The lowest BCUT2D eigenvalue weighted by Crippen LogP contribution is -2.07. The summed E-state index contributed by atoms with van der Waals surface area (Å²) in [5, 5.41) is 3.13. The SMILES string of the molecule is CCOc1cc(/C=C/C(=O)Nc2ccc(C(C)=O)cc2)cc(Cl)c1OC. The van der Waals surface area contributed by atoms with Gasteiger partial charge in [0, 0.05) is 17.3 Å². The van der Waals surface area contributed by atoms with Crippen LogP contribution in [0.2, 0.25) is 5.02 Å². The zero-order valence-electron chi connectivity index (χ0n) is 14.8. The van der Waals surface area contributed by atoms with Crippen molar-refractivity contribution in [2.75, 3.05) is 19.0 Å². The zero-order chi connectivity index (χ0) is 19.1. The van der Waals surface area contributed by atoms with E-state index in [1.165, 1.54) is 20.1 Å². The quantitative estimate of drug-likeness (QED) is 0.569. The number of carbonyl (C=O) groups excluding carboxylic acids is 2. The normalized spacial score (nSPS) is 10.6. The number of benzene rings is 2. The number of anilines is 1. The Balaban J connectivity index is 2.10. The number of hydrogen-bond donors (Lipinski definition) is 1. The fourth-order valence-electron chi connectivity index (χ4n) is 2.29. The molecule has 0 atom stereocenters. The van der Waals surface area contributed by atoms with Gasteiger partial charge in [0.1, 0.15) is 0 Å². The van der Waals surface area contributed by atoms with Gasteiger partial charge >= 0.3 is 0 Å². The van der Waals surface area contributed by atoms with Crippen LogP contribution in [0.15, 0.2) is 42.5 Å². The first-order chi connectivity index (χ1) is 12.4. The summed E-state index contributed by atoms with van der Waals surface area (Å²) >= 11 is 6.19. The van der Waals surface area contributed by atoms with Crippen LogP contribution in [-0.2, 0) is 4.79 Å². The summed E-state index contributed by atoms with van der Waals surface area (Å²) in [6.45, 7) is 3.82. The molecule has 0 heterocycles. The van der Waals surface area contributed by atoms with Crippen molar-refractivity contribution in [1.82, 2.24) is 0 Å². The summed E-state index contributed by atoms with van der Waals surface area (Å²) in [6.07, 6.45) is 3.03. The Bertz CT molecular complexity index is 828. The van der Waals surface area contributed by atoms with Gasteiger partial charge in [0.15, 0.2) is 17.3 Å². The van der Waals surface area contributed by atoms with Crippen LogP contribution in [0.3, 0.4) is 0 Å². The van der Waals surface area contributed by atoms with Crippen molar-refractivity contribution in [3.8, 4) is 11.5 Å². The van der Waals surface area contributed by atoms with Gasteiger partial charge in [-0.2, -0.15) is 0 Å². The maximum atomic E-state index is 12.1. The Morgan fingerprint density at radius 3 is 2.46 bits per heavy atom. The number of methoxy groups -OCH3 is 1. The molecule has 136 valence electrons. The molecule has 0 saturated carbocycles. The van der Waals surface area contributed by atoms with Crippen molar-refractivity contribution in [2.45, 2.75) is 13.8 Å². The number of hydrogen-bond acceptors (Lipinski definition) is 4. The average molecular weight is 374 g/mol. The van der Waals surface area contributed by atoms with Gasteiger partial charge in [-0.05, 0) is 61.9 Å². The fraction of sp³-hybridized carbons (Fsp3) is 0.200. The lowest BCUT2D eigenvalue weighted by atomic mass is 10.1. The fourth-order valence-corrected chi connectivity index (χ4v) is 2.59. The van der Waals surface area contributed by atoms with E-state index in [9.17, 15) is 9.59 Å². The summed E-state index contributed by atoms with van der Waals surface area (Å²) in [6, 6.07) is 10.1. The second-order valence-corrected chi connectivity index (χ2v) is 5.83. The van der Waals surface area contributed by atoms with Crippen LogP contribution >= 0.6 is 11.6 Å². The van der Waals surface area contributed by atoms with Gasteiger partial charge < -0.3 is 14.8 Å². The minimum Gasteiger partial charge on any atom is -0.491 e. The van der Waals surface area contributed by atoms with Crippen LogP contribution in [0.4, 0.5) is 5.69 Å². The van der Waals surface area contributed by atoms with Gasteiger partial charge in [-0.15, -0.1) is 0 Å². The molecule has 0 spiro atoms. The van der Waals surface area contributed by atoms with E-state index < -0.39 is 0 Å². The van der Waals surface area contributed by atoms with Crippen molar-refractivity contribution in [2.24, 2.45) is 0 Å². The van der Waals surface area contributed by atoms with Gasteiger partial charge in [0.05, 0.1) is 18.7 Å². The molecule has 0 aliphatic heterocycles. The second-order valence-electron chi connectivity index (χ2n) is 5.42. The van der Waals surface area contributed by atoms with Crippen molar-refractivity contribution < 1.29 is 19.1 Å². The molecule has 0 unspecified atom stereocenters. The highest BCUT2D eigenvalue weighted by molar-refractivity contribution is 6.32. The standard InChI is InChI=1S/C20H20ClNO4/c1-4-26-18-12-14(11-17(21)20(18)25-3)5-10-19(24)22-16-8-6-15(7-9-16)13(2)23/h5-12H,4H2,1-3H3,(H,22,24)/b10-5+. The van der Waals surface area contributed by atoms with E-state index in [4.69, 9.17) is 21.1 Å². The van der Waals surface area contributed by atoms with Crippen LogP contribution in [0.25, 0.3) is 6.08 Å². The molecule has 0 fully saturated rings. The summed E-state index contributed by atoms with van der Waals surface area (Å²) < 4.78 is 10.7. The van der Waals surface area contributed by atoms with Crippen LogP contribution < -0.4 is 14.8 Å². The molecule has 0 aliphatic carbocycles. The van der Waals surface area contributed by atoms with Crippen LogP contribution in [0.5, 0.6) is 11.5 Å². The van der Waals surface area contributed by atoms with E-state index >= 15 is 0 Å². The summed E-state index contributed by atoms with van der Waals surface area (Å²) in [5.41, 5.74) is 1.91. The summed E-state index contributed by atoms with van der Waals surface area (Å²) in [4.78, 5) is 23.3. The van der Waals surface area contributed by atoms with Crippen molar-refractivity contribution in [1.29, 1.82) is 0 Å². The molecule has 5 nitrogen and oxygen atoms in total. The predicted molar refractivity (Wildman–Crippen MR) is 103 cm³/mol. The average Bonchev–Trinajstić information content (AvgIpc) is 2.60. The molecule has 0 bridgehead atoms. The van der Waals surface area contributed by atoms with Crippen LogP contribution in [0.1, 0.15) is 29.8 Å². The first-order valence-corrected chi connectivity index (χ1v) is 8.42. The number of amides is 1. The minimum absolute atomic E-state index is 0.0238. The Morgan fingerprint density at radius 1 is 1.19 bits per heavy atom. The second kappa shape index (κ2) is 9.06. The van der Waals surface area contributed by atoms with Crippen molar-refractivity contribution >= 4 is 35.1 Å². The molecule has 2 rings (SSSR count). The largest absolute Gasteiger partial charge is 0.491 e. The van der Waals surface area contributed by atoms with Gasteiger partial charge in [-0.3, -0.25) is 9.59 Å². The monoisotopic (exact) mass is 373 g/mol. The maximum Gasteiger partial charge on any atom is 0.248 e. The number of Topliss-reactive ketones (excluding diaryl/α,β-unsaturated/α-hetero) is 1. The third-order valence-electron chi connectivity index (χ3n) is 3.52. The van der Waals surface area contributed by atoms with Gasteiger partial charge in [0.25, 0.3) is 0 Å². The molecule has 0 saturated heterocycles. The highest BCUT2D eigenvalue weighted by Crippen LogP contribution is 2.36. The molecule has 2 aromatic carbocycles. The van der Waals surface area contributed by atoms with Gasteiger partial charge in [-0.25, -0.2) is 0 Å². The molecule has 0 radical (unpaired) electrons. The van der Waals surface area contributed by atoms with E-state index in [2.05, 4.69) is 5.32 Å². The minimum atomic E-state index is -0.300. The Labute approximate surface area is 157 Å². The first-order valence-electron chi connectivity index (χ1n) is 8.05. The topological polar surface area (TPSA) is 64.6 Å². The van der Waals surface area contributed by atoms with E-state index in [0.717, 1.165) is 0 Å². The molecule has 2 aromatic rings. The zero-order valence-corrected chi connectivity index (χ0v) is 15.6. The number of nitrogens with one attached hydrogen (secondary N) is 1. The predicted octanol–water partition coefficient (Wildman–Crippen LogP) is 4.60. The van der Waals surface area contributed by atoms with Crippen LogP contribution in [0, 0.1) is 0 Å². The van der Waals surface area contributed by atoms with Gasteiger partial charge in [-0.1, -0.05) is 11.6 Å². The third-order valence-corrected chi connectivity index (χ3v) is 3.80. The summed E-state index contributed by atoms with van der Waals surface area (Å²) in [5.74, 6) is 0.651. The lowest BCUT2D eigenvalue weighted by molar-refractivity contribution is -0.111. The molecular formula is C20H20ClNO4. The maximum absolute atomic E-state index is 12.1. The van der Waals surface area contributed by atoms with E-state index in [1.807, 2.05) is 6.92 Å². The molecule has 0 aliphatic rings. The summed E-state index contributed by atoms with van der Waals surface area (Å²) in [7, 11) is 1.52. The smallest absolute Gasteiger partial charge is 0.248 e. The molecule has 1 N–H and O–H groups in total.